The molecule has 6 nitrogen and oxygen atoms in total. The summed E-state index contributed by atoms with van der Waals surface area (Å²) >= 11 is 0. The van der Waals surface area contributed by atoms with Crippen molar-refractivity contribution in [1.82, 2.24) is 5.32 Å². The van der Waals surface area contributed by atoms with Crippen molar-refractivity contribution in [2.45, 2.75) is 31.2 Å². The summed E-state index contributed by atoms with van der Waals surface area (Å²) in [6, 6.07) is 5.98. The van der Waals surface area contributed by atoms with Crippen LogP contribution in [-0.2, 0) is 19.9 Å². The molecule has 21 heavy (non-hydrogen) atoms. The van der Waals surface area contributed by atoms with Crippen LogP contribution in [0.1, 0.15) is 20.3 Å². The third-order valence-electron chi connectivity index (χ3n) is 2.70. The molecule has 0 amide bonds. The Bertz CT molecular complexity index is 650. The molecule has 0 bridgehead atoms. The molecule has 1 aromatic carbocycles. The number of rotatable bonds is 8. The van der Waals surface area contributed by atoms with Crippen molar-refractivity contribution >= 4 is 25.5 Å². The Hall–Kier alpha value is -1.12. The van der Waals surface area contributed by atoms with Crippen LogP contribution >= 0.6 is 0 Å². The minimum Gasteiger partial charge on any atom is -0.314 e. The van der Waals surface area contributed by atoms with Gasteiger partial charge in [0.15, 0.2) is 9.84 Å². The van der Waals surface area contributed by atoms with Gasteiger partial charge in [-0.2, -0.15) is 0 Å². The largest absolute Gasteiger partial charge is 0.314 e. The quantitative estimate of drug-likeness (QED) is 0.697. The van der Waals surface area contributed by atoms with E-state index in [1.807, 2.05) is 13.8 Å². The summed E-state index contributed by atoms with van der Waals surface area (Å²) in [5.74, 6) is 0.0144. The molecule has 8 heteroatoms. The fraction of sp³-hybridized carbons (Fsp3) is 0.538. The van der Waals surface area contributed by atoms with Gasteiger partial charge >= 0.3 is 0 Å². The van der Waals surface area contributed by atoms with Crippen LogP contribution in [0.15, 0.2) is 29.2 Å². The highest BCUT2D eigenvalue weighted by molar-refractivity contribution is 7.92. The monoisotopic (exact) mass is 334 g/mol. The third-order valence-corrected chi connectivity index (χ3v) is 5.20. The molecular weight excluding hydrogens is 312 g/mol. The van der Waals surface area contributed by atoms with Crippen LogP contribution in [-0.4, -0.2) is 41.4 Å². The zero-order chi connectivity index (χ0) is 16.1. The van der Waals surface area contributed by atoms with Crippen molar-refractivity contribution in [2.75, 3.05) is 23.3 Å². The van der Waals surface area contributed by atoms with Gasteiger partial charge in [0.2, 0.25) is 10.0 Å². The lowest BCUT2D eigenvalue weighted by Gasteiger charge is -2.10. The fourth-order valence-electron chi connectivity index (χ4n) is 1.65. The van der Waals surface area contributed by atoms with Gasteiger partial charge in [0.05, 0.1) is 10.6 Å². The molecule has 2 N–H and O–H groups in total. The van der Waals surface area contributed by atoms with Crippen molar-refractivity contribution in [3.63, 3.8) is 0 Å². The van der Waals surface area contributed by atoms with E-state index >= 15 is 0 Å². The molecule has 120 valence electrons. The highest BCUT2D eigenvalue weighted by Crippen LogP contribution is 2.15. The van der Waals surface area contributed by atoms with Crippen molar-refractivity contribution in [3.05, 3.63) is 24.3 Å². The summed E-state index contributed by atoms with van der Waals surface area (Å²) in [6.45, 7) is 4.62. The molecule has 0 aliphatic heterocycles. The Kier molecular flexibility index (Phi) is 6.18. The van der Waals surface area contributed by atoms with Gasteiger partial charge in [0.25, 0.3) is 0 Å². The molecule has 0 aliphatic rings. The van der Waals surface area contributed by atoms with Gasteiger partial charge in [-0.3, -0.25) is 4.72 Å². The van der Waals surface area contributed by atoms with E-state index < -0.39 is 19.9 Å². The van der Waals surface area contributed by atoms with Crippen LogP contribution in [0.2, 0.25) is 0 Å². The molecule has 1 aromatic rings. The zero-order valence-corrected chi connectivity index (χ0v) is 14.1. The lowest BCUT2D eigenvalue weighted by Crippen LogP contribution is -2.26. The second kappa shape index (κ2) is 7.24. The SMILES string of the molecule is CC(C)NCCCS(=O)(=O)Nc1ccc(S(C)(=O)=O)cc1. The van der Waals surface area contributed by atoms with Crippen molar-refractivity contribution in [3.8, 4) is 0 Å². The van der Waals surface area contributed by atoms with E-state index in [0.29, 0.717) is 24.7 Å². The fourth-order valence-corrected chi connectivity index (χ4v) is 3.41. The van der Waals surface area contributed by atoms with E-state index in [-0.39, 0.29) is 10.6 Å². The van der Waals surface area contributed by atoms with E-state index in [1.165, 1.54) is 24.3 Å². The van der Waals surface area contributed by atoms with Crippen LogP contribution in [0.25, 0.3) is 0 Å². The first-order valence-corrected chi connectivity index (χ1v) is 10.2. The van der Waals surface area contributed by atoms with E-state index in [1.54, 1.807) is 0 Å². The predicted octanol–water partition coefficient (Wildman–Crippen LogP) is 1.22. The lowest BCUT2D eigenvalue weighted by molar-refractivity contribution is 0.571. The molecule has 0 atom stereocenters. The standard InChI is InChI=1S/C13H22N2O4S2/c1-11(2)14-9-4-10-21(18,19)15-12-5-7-13(8-6-12)20(3,16)17/h5-8,11,14-15H,4,9-10H2,1-3H3. The summed E-state index contributed by atoms with van der Waals surface area (Å²) in [7, 11) is -6.69. The number of benzene rings is 1. The van der Waals surface area contributed by atoms with E-state index in [9.17, 15) is 16.8 Å². The average molecular weight is 334 g/mol. The molecule has 0 radical (unpaired) electrons. The number of hydrogen-bond acceptors (Lipinski definition) is 5. The van der Waals surface area contributed by atoms with Crippen LogP contribution in [0.3, 0.4) is 0 Å². The van der Waals surface area contributed by atoms with Gasteiger partial charge in [-0.1, -0.05) is 13.8 Å². The number of sulfonamides is 1. The zero-order valence-electron chi connectivity index (χ0n) is 12.5. The maximum atomic E-state index is 11.9. The first-order valence-electron chi connectivity index (χ1n) is 6.64. The number of anilines is 1. The summed E-state index contributed by atoms with van der Waals surface area (Å²) in [5, 5.41) is 3.15. The minimum atomic E-state index is -3.42. The lowest BCUT2D eigenvalue weighted by atomic mass is 10.3. The van der Waals surface area contributed by atoms with Crippen molar-refractivity contribution < 1.29 is 16.8 Å². The summed E-state index contributed by atoms with van der Waals surface area (Å²) < 4.78 is 48.8. The molecule has 0 saturated heterocycles. The molecule has 1 rings (SSSR count). The smallest absolute Gasteiger partial charge is 0.232 e. The van der Waals surface area contributed by atoms with Crippen LogP contribution < -0.4 is 10.0 Å². The van der Waals surface area contributed by atoms with Crippen molar-refractivity contribution in [2.24, 2.45) is 0 Å². The Morgan fingerprint density at radius 3 is 2.10 bits per heavy atom. The van der Waals surface area contributed by atoms with Gasteiger partial charge in [0.1, 0.15) is 0 Å². The van der Waals surface area contributed by atoms with E-state index in [4.69, 9.17) is 0 Å². The van der Waals surface area contributed by atoms with Crippen LogP contribution in [0, 0.1) is 0 Å². The second-order valence-corrected chi connectivity index (χ2v) is 9.04. The molecule has 0 spiro atoms. The number of nitrogens with one attached hydrogen (secondary N) is 2. The predicted molar refractivity (Wildman–Crippen MR) is 84.7 cm³/mol. The molecule has 0 heterocycles. The molecule has 0 saturated carbocycles. The Morgan fingerprint density at radius 1 is 1.05 bits per heavy atom. The Balaban J connectivity index is 2.59. The molecule has 0 unspecified atom stereocenters. The van der Waals surface area contributed by atoms with Gasteiger partial charge in [-0.05, 0) is 37.2 Å². The number of hydrogen-bond donors (Lipinski definition) is 2. The summed E-state index contributed by atoms with van der Waals surface area (Å²) in [6.07, 6.45) is 1.61. The topological polar surface area (TPSA) is 92.3 Å². The Labute approximate surface area is 126 Å². The molecule has 0 aromatic heterocycles. The summed E-state index contributed by atoms with van der Waals surface area (Å²) in [4.78, 5) is 0.159. The van der Waals surface area contributed by atoms with Gasteiger partial charge in [-0.25, -0.2) is 16.8 Å². The Morgan fingerprint density at radius 2 is 1.62 bits per heavy atom. The normalized spacial score (nSPS) is 12.6. The highest BCUT2D eigenvalue weighted by atomic mass is 32.2. The molecular formula is C13H22N2O4S2. The minimum absolute atomic E-state index is 0.0144. The van der Waals surface area contributed by atoms with Gasteiger partial charge in [0, 0.05) is 18.0 Å². The maximum Gasteiger partial charge on any atom is 0.232 e. The van der Waals surface area contributed by atoms with Crippen LogP contribution in [0.4, 0.5) is 5.69 Å². The average Bonchev–Trinajstić information content (AvgIpc) is 2.33. The first-order chi connectivity index (χ1) is 9.60. The molecule has 0 aliphatic carbocycles. The molecule has 0 fully saturated rings. The van der Waals surface area contributed by atoms with Gasteiger partial charge < -0.3 is 5.32 Å². The second-order valence-electron chi connectivity index (χ2n) is 5.18. The maximum absolute atomic E-state index is 11.9. The third kappa shape index (κ3) is 6.92. The van der Waals surface area contributed by atoms with E-state index in [0.717, 1.165) is 6.26 Å². The number of sulfone groups is 1. The van der Waals surface area contributed by atoms with Gasteiger partial charge in [-0.15, -0.1) is 0 Å². The summed E-state index contributed by atoms with van der Waals surface area (Å²) in [5.41, 5.74) is 0.360. The van der Waals surface area contributed by atoms with Crippen LogP contribution in [0.5, 0.6) is 0 Å². The highest BCUT2D eigenvalue weighted by Gasteiger charge is 2.11. The first kappa shape index (κ1) is 17.9. The van der Waals surface area contributed by atoms with Crippen molar-refractivity contribution in [1.29, 1.82) is 0 Å². The van der Waals surface area contributed by atoms with E-state index in [2.05, 4.69) is 10.0 Å².